The quantitative estimate of drug-likeness (QED) is 0.618. The number of hydrogen-bond acceptors (Lipinski definition) is 5. The van der Waals surface area contributed by atoms with Gasteiger partial charge in [-0.05, 0) is 37.2 Å². The van der Waals surface area contributed by atoms with Gasteiger partial charge in [0.1, 0.15) is 5.75 Å². The monoisotopic (exact) mass is 254 g/mol. The Morgan fingerprint density at radius 1 is 1.33 bits per heavy atom. The van der Waals surface area contributed by atoms with Crippen LogP contribution in [-0.2, 0) is 0 Å². The van der Waals surface area contributed by atoms with E-state index >= 15 is 0 Å². The molecule has 0 aliphatic heterocycles. The molecule has 1 aromatic carbocycles. The molecule has 1 atom stereocenters. The molecule has 0 spiro atoms. The number of hydrogen-bond donors (Lipinski definition) is 3. The zero-order chi connectivity index (χ0) is 13.4. The standard InChI is InChI=1S/C13H22N2O3/c1-18-13-5-3-11(4-6-13)15(8-2-7-14)9-12(17)10-16/h3-6,12,16-17H,2,7-10,14H2,1H3. The van der Waals surface area contributed by atoms with Crippen LogP contribution in [0.5, 0.6) is 5.75 Å². The summed E-state index contributed by atoms with van der Waals surface area (Å²) in [5.41, 5.74) is 6.49. The molecule has 18 heavy (non-hydrogen) atoms. The van der Waals surface area contributed by atoms with Gasteiger partial charge >= 0.3 is 0 Å². The number of ether oxygens (including phenoxy) is 1. The number of anilines is 1. The van der Waals surface area contributed by atoms with Crippen molar-refractivity contribution in [1.82, 2.24) is 0 Å². The van der Waals surface area contributed by atoms with Crippen LogP contribution in [0.15, 0.2) is 24.3 Å². The van der Waals surface area contributed by atoms with Gasteiger partial charge in [0.2, 0.25) is 0 Å². The molecule has 0 radical (unpaired) electrons. The van der Waals surface area contributed by atoms with Crippen molar-refractivity contribution in [2.45, 2.75) is 12.5 Å². The lowest BCUT2D eigenvalue weighted by Gasteiger charge is -2.26. The van der Waals surface area contributed by atoms with Crippen molar-refractivity contribution in [3.8, 4) is 5.75 Å². The largest absolute Gasteiger partial charge is 0.497 e. The molecule has 0 fully saturated rings. The minimum Gasteiger partial charge on any atom is -0.497 e. The van der Waals surface area contributed by atoms with Gasteiger partial charge in [-0.25, -0.2) is 0 Å². The summed E-state index contributed by atoms with van der Waals surface area (Å²) < 4.78 is 5.10. The highest BCUT2D eigenvalue weighted by atomic mass is 16.5. The topological polar surface area (TPSA) is 79.0 Å². The Kier molecular flexibility index (Phi) is 6.49. The normalized spacial score (nSPS) is 12.2. The maximum atomic E-state index is 9.54. The smallest absolute Gasteiger partial charge is 0.119 e. The number of aliphatic hydroxyl groups excluding tert-OH is 2. The van der Waals surface area contributed by atoms with Gasteiger partial charge in [-0.15, -0.1) is 0 Å². The molecule has 1 unspecified atom stereocenters. The Morgan fingerprint density at radius 2 is 2.00 bits per heavy atom. The third kappa shape index (κ3) is 4.52. The number of rotatable bonds is 8. The van der Waals surface area contributed by atoms with Crippen LogP contribution < -0.4 is 15.4 Å². The van der Waals surface area contributed by atoms with E-state index in [4.69, 9.17) is 15.6 Å². The molecule has 0 aliphatic rings. The predicted molar refractivity (Wildman–Crippen MR) is 72.0 cm³/mol. The fraction of sp³-hybridized carbons (Fsp3) is 0.538. The fourth-order valence-corrected chi connectivity index (χ4v) is 1.71. The summed E-state index contributed by atoms with van der Waals surface area (Å²) in [7, 11) is 1.62. The molecule has 0 heterocycles. The molecule has 0 aromatic heterocycles. The minimum absolute atomic E-state index is 0.241. The molecular weight excluding hydrogens is 232 g/mol. The first kappa shape index (κ1) is 14.8. The lowest BCUT2D eigenvalue weighted by molar-refractivity contribution is 0.0998. The molecule has 5 heteroatoms. The number of benzene rings is 1. The van der Waals surface area contributed by atoms with Crippen LogP contribution in [0.3, 0.4) is 0 Å². The summed E-state index contributed by atoms with van der Waals surface area (Å²) in [4.78, 5) is 2.01. The van der Waals surface area contributed by atoms with Crippen molar-refractivity contribution in [3.05, 3.63) is 24.3 Å². The third-order valence-electron chi connectivity index (χ3n) is 2.71. The first-order chi connectivity index (χ1) is 8.71. The molecule has 0 saturated heterocycles. The number of aliphatic hydroxyl groups is 2. The van der Waals surface area contributed by atoms with Crippen LogP contribution in [0.25, 0.3) is 0 Å². The second-order valence-electron chi connectivity index (χ2n) is 4.12. The van der Waals surface area contributed by atoms with Gasteiger partial charge in [-0.1, -0.05) is 0 Å². The highest BCUT2D eigenvalue weighted by molar-refractivity contribution is 5.49. The average Bonchev–Trinajstić information content (AvgIpc) is 2.43. The molecule has 1 rings (SSSR count). The number of nitrogens with two attached hydrogens (primary N) is 1. The summed E-state index contributed by atoms with van der Waals surface area (Å²) in [5, 5.41) is 18.5. The molecule has 5 nitrogen and oxygen atoms in total. The molecule has 0 bridgehead atoms. The van der Waals surface area contributed by atoms with Gasteiger partial charge in [0, 0.05) is 18.8 Å². The highest BCUT2D eigenvalue weighted by Gasteiger charge is 2.11. The molecule has 0 aliphatic carbocycles. The van der Waals surface area contributed by atoms with Gasteiger partial charge in [0.15, 0.2) is 0 Å². The summed E-state index contributed by atoms with van der Waals surface area (Å²) in [6.07, 6.45) is 0.0920. The molecule has 4 N–H and O–H groups in total. The fourth-order valence-electron chi connectivity index (χ4n) is 1.71. The van der Waals surface area contributed by atoms with E-state index in [1.807, 2.05) is 29.2 Å². The van der Waals surface area contributed by atoms with E-state index in [9.17, 15) is 5.11 Å². The van der Waals surface area contributed by atoms with Gasteiger partial charge in [0.25, 0.3) is 0 Å². The minimum atomic E-state index is -0.745. The van der Waals surface area contributed by atoms with Crippen LogP contribution in [0, 0.1) is 0 Å². The van der Waals surface area contributed by atoms with Crippen molar-refractivity contribution in [2.75, 3.05) is 38.3 Å². The Bertz CT molecular complexity index is 330. The van der Waals surface area contributed by atoms with E-state index in [1.165, 1.54) is 0 Å². The Morgan fingerprint density at radius 3 is 2.50 bits per heavy atom. The van der Waals surface area contributed by atoms with Crippen LogP contribution >= 0.6 is 0 Å². The maximum absolute atomic E-state index is 9.54. The number of nitrogens with zero attached hydrogens (tertiary/aromatic N) is 1. The molecule has 1 aromatic rings. The predicted octanol–water partition coefficient (Wildman–Crippen LogP) is 0.204. The Hall–Kier alpha value is -1.30. The average molecular weight is 254 g/mol. The SMILES string of the molecule is COc1ccc(N(CCCN)CC(O)CO)cc1. The van der Waals surface area contributed by atoms with Crippen molar-refractivity contribution in [3.63, 3.8) is 0 Å². The van der Waals surface area contributed by atoms with Gasteiger partial charge in [-0.2, -0.15) is 0 Å². The van der Waals surface area contributed by atoms with Crippen LogP contribution in [0.2, 0.25) is 0 Å². The second kappa shape index (κ2) is 7.92. The van der Waals surface area contributed by atoms with Crippen molar-refractivity contribution in [2.24, 2.45) is 5.73 Å². The Balaban J connectivity index is 2.72. The van der Waals surface area contributed by atoms with Crippen molar-refractivity contribution in [1.29, 1.82) is 0 Å². The zero-order valence-corrected chi connectivity index (χ0v) is 10.7. The van der Waals surface area contributed by atoms with E-state index < -0.39 is 6.10 Å². The second-order valence-corrected chi connectivity index (χ2v) is 4.12. The Labute approximate surface area is 108 Å². The van der Waals surface area contributed by atoms with Crippen LogP contribution in [0.1, 0.15) is 6.42 Å². The van der Waals surface area contributed by atoms with Gasteiger partial charge < -0.3 is 25.6 Å². The zero-order valence-electron chi connectivity index (χ0n) is 10.7. The van der Waals surface area contributed by atoms with E-state index in [0.29, 0.717) is 13.1 Å². The summed E-state index contributed by atoms with van der Waals surface area (Å²) in [5.74, 6) is 0.792. The first-order valence-corrected chi connectivity index (χ1v) is 6.09. The van der Waals surface area contributed by atoms with Crippen LogP contribution in [0.4, 0.5) is 5.69 Å². The number of methoxy groups -OCH3 is 1. The lowest BCUT2D eigenvalue weighted by Crippen LogP contribution is -2.35. The lowest BCUT2D eigenvalue weighted by atomic mass is 10.2. The summed E-state index contributed by atoms with van der Waals surface area (Å²) in [6.45, 7) is 1.50. The van der Waals surface area contributed by atoms with Crippen molar-refractivity contribution >= 4 is 5.69 Å². The maximum Gasteiger partial charge on any atom is 0.119 e. The van der Waals surface area contributed by atoms with Gasteiger partial charge in [0.05, 0.1) is 19.8 Å². The van der Waals surface area contributed by atoms with E-state index in [2.05, 4.69) is 0 Å². The summed E-state index contributed by atoms with van der Waals surface area (Å²) >= 11 is 0. The van der Waals surface area contributed by atoms with E-state index in [-0.39, 0.29) is 6.61 Å². The first-order valence-electron chi connectivity index (χ1n) is 6.09. The molecule has 0 saturated carbocycles. The van der Waals surface area contributed by atoms with E-state index in [1.54, 1.807) is 7.11 Å². The highest BCUT2D eigenvalue weighted by Crippen LogP contribution is 2.19. The van der Waals surface area contributed by atoms with E-state index in [0.717, 1.165) is 24.4 Å². The van der Waals surface area contributed by atoms with Gasteiger partial charge in [-0.3, -0.25) is 0 Å². The molecular formula is C13H22N2O3. The molecule has 0 amide bonds. The van der Waals surface area contributed by atoms with Crippen LogP contribution in [-0.4, -0.2) is 49.7 Å². The van der Waals surface area contributed by atoms with Crippen molar-refractivity contribution < 1.29 is 14.9 Å². The summed E-state index contributed by atoms with van der Waals surface area (Å²) in [6, 6.07) is 7.60. The third-order valence-corrected chi connectivity index (χ3v) is 2.71. The molecule has 102 valence electrons.